The van der Waals surface area contributed by atoms with E-state index in [2.05, 4.69) is 5.10 Å². The molecule has 2 heterocycles. The summed E-state index contributed by atoms with van der Waals surface area (Å²) < 4.78 is 1.68. The second-order valence-electron chi connectivity index (χ2n) is 5.80. The molecule has 0 spiro atoms. The number of carbonyl (C=O) groups is 2. The van der Waals surface area contributed by atoms with Crippen molar-refractivity contribution in [2.75, 3.05) is 13.1 Å². The van der Waals surface area contributed by atoms with Crippen molar-refractivity contribution in [2.45, 2.75) is 19.3 Å². The van der Waals surface area contributed by atoms with Gasteiger partial charge in [-0.25, -0.2) is 4.68 Å². The SMILES string of the molecule is O=C(O)CC1CCN(C(=O)c2ccccc2-n2cccn2)CC1. The smallest absolute Gasteiger partial charge is 0.303 e. The van der Waals surface area contributed by atoms with Gasteiger partial charge in [-0.2, -0.15) is 5.10 Å². The topological polar surface area (TPSA) is 75.4 Å². The number of carboxylic acids is 1. The van der Waals surface area contributed by atoms with Crippen LogP contribution in [-0.2, 0) is 4.79 Å². The minimum Gasteiger partial charge on any atom is -0.481 e. The van der Waals surface area contributed by atoms with Gasteiger partial charge in [0.15, 0.2) is 0 Å². The molecule has 0 saturated carbocycles. The normalized spacial score (nSPS) is 15.6. The lowest BCUT2D eigenvalue weighted by Crippen LogP contribution is -2.39. The van der Waals surface area contributed by atoms with Crippen LogP contribution in [0.2, 0.25) is 0 Å². The lowest BCUT2D eigenvalue weighted by atomic mass is 9.93. The number of likely N-dealkylation sites (tertiary alicyclic amines) is 1. The van der Waals surface area contributed by atoms with E-state index >= 15 is 0 Å². The number of aromatic nitrogens is 2. The van der Waals surface area contributed by atoms with E-state index in [1.807, 2.05) is 36.5 Å². The highest BCUT2D eigenvalue weighted by Crippen LogP contribution is 2.23. The molecule has 0 bridgehead atoms. The van der Waals surface area contributed by atoms with Crippen molar-refractivity contribution in [3.63, 3.8) is 0 Å². The quantitative estimate of drug-likeness (QED) is 0.939. The lowest BCUT2D eigenvalue weighted by Gasteiger charge is -2.31. The molecule has 6 heteroatoms. The third-order valence-electron chi connectivity index (χ3n) is 4.25. The van der Waals surface area contributed by atoms with Crippen molar-refractivity contribution in [3.8, 4) is 5.69 Å². The van der Waals surface area contributed by atoms with Gasteiger partial charge in [-0.3, -0.25) is 9.59 Å². The summed E-state index contributed by atoms with van der Waals surface area (Å²) in [4.78, 5) is 25.4. The number of piperidine rings is 1. The van der Waals surface area contributed by atoms with Crippen LogP contribution >= 0.6 is 0 Å². The number of carbonyl (C=O) groups excluding carboxylic acids is 1. The first-order chi connectivity index (χ1) is 11.1. The summed E-state index contributed by atoms with van der Waals surface area (Å²) >= 11 is 0. The summed E-state index contributed by atoms with van der Waals surface area (Å²) in [5, 5.41) is 13.1. The zero-order valence-corrected chi connectivity index (χ0v) is 12.8. The van der Waals surface area contributed by atoms with E-state index in [1.54, 1.807) is 15.8 Å². The third kappa shape index (κ3) is 3.41. The van der Waals surface area contributed by atoms with E-state index in [4.69, 9.17) is 5.11 Å². The average Bonchev–Trinajstić information content (AvgIpc) is 3.09. The summed E-state index contributed by atoms with van der Waals surface area (Å²) in [5.74, 6) is -0.624. The minimum atomic E-state index is -0.765. The summed E-state index contributed by atoms with van der Waals surface area (Å²) in [5.41, 5.74) is 1.38. The van der Waals surface area contributed by atoms with Crippen LogP contribution in [0.15, 0.2) is 42.7 Å². The first kappa shape index (κ1) is 15.3. The monoisotopic (exact) mass is 313 g/mol. The van der Waals surface area contributed by atoms with E-state index in [9.17, 15) is 9.59 Å². The molecule has 1 fully saturated rings. The fourth-order valence-electron chi connectivity index (χ4n) is 3.02. The van der Waals surface area contributed by atoms with Crippen molar-refractivity contribution in [1.29, 1.82) is 0 Å². The molecule has 0 aliphatic carbocycles. The largest absolute Gasteiger partial charge is 0.481 e. The highest BCUT2D eigenvalue weighted by atomic mass is 16.4. The molecule has 0 unspecified atom stereocenters. The number of hydrogen-bond donors (Lipinski definition) is 1. The number of benzene rings is 1. The van der Waals surface area contributed by atoms with Crippen LogP contribution in [0.3, 0.4) is 0 Å². The van der Waals surface area contributed by atoms with E-state index in [1.165, 1.54) is 0 Å². The molecule has 23 heavy (non-hydrogen) atoms. The molecule has 0 radical (unpaired) electrons. The van der Waals surface area contributed by atoms with Crippen molar-refractivity contribution < 1.29 is 14.7 Å². The van der Waals surface area contributed by atoms with Crippen LogP contribution in [0.5, 0.6) is 0 Å². The second-order valence-corrected chi connectivity index (χ2v) is 5.80. The van der Waals surface area contributed by atoms with E-state index in [0.29, 0.717) is 18.7 Å². The molecule has 1 aromatic carbocycles. The van der Waals surface area contributed by atoms with Gasteiger partial charge < -0.3 is 10.0 Å². The van der Waals surface area contributed by atoms with Gasteiger partial charge in [-0.05, 0) is 37.0 Å². The predicted molar refractivity (Wildman–Crippen MR) is 84.4 cm³/mol. The second kappa shape index (κ2) is 6.64. The van der Waals surface area contributed by atoms with Gasteiger partial charge in [0.1, 0.15) is 0 Å². The Kier molecular flexibility index (Phi) is 4.41. The van der Waals surface area contributed by atoms with Gasteiger partial charge in [0.2, 0.25) is 0 Å². The standard InChI is InChI=1S/C17H19N3O3/c21-16(22)12-13-6-10-19(11-7-13)17(23)14-4-1-2-5-15(14)20-9-3-8-18-20/h1-5,8-9,13H,6-7,10-12H2,(H,21,22). The zero-order valence-electron chi connectivity index (χ0n) is 12.8. The lowest BCUT2D eigenvalue weighted by molar-refractivity contribution is -0.138. The van der Waals surface area contributed by atoms with Gasteiger partial charge in [0, 0.05) is 31.9 Å². The van der Waals surface area contributed by atoms with Crippen molar-refractivity contribution in [1.82, 2.24) is 14.7 Å². The number of nitrogens with zero attached hydrogens (tertiary/aromatic N) is 3. The number of para-hydroxylation sites is 1. The molecule has 1 N–H and O–H groups in total. The highest BCUT2D eigenvalue weighted by Gasteiger charge is 2.26. The fraction of sp³-hybridized carbons (Fsp3) is 0.353. The van der Waals surface area contributed by atoms with E-state index in [0.717, 1.165) is 18.5 Å². The first-order valence-corrected chi connectivity index (χ1v) is 7.75. The van der Waals surface area contributed by atoms with Gasteiger partial charge in [-0.1, -0.05) is 12.1 Å². The Morgan fingerprint density at radius 2 is 1.91 bits per heavy atom. The van der Waals surface area contributed by atoms with E-state index in [-0.39, 0.29) is 18.2 Å². The summed E-state index contributed by atoms with van der Waals surface area (Å²) in [6.45, 7) is 1.20. The van der Waals surface area contributed by atoms with Crippen LogP contribution in [0, 0.1) is 5.92 Å². The molecule has 1 aliphatic rings. The molecule has 3 rings (SSSR count). The molecule has 1 aromatic heterocycles. The van der Waals surface area contributed by atoms with Crippen LogP contribution in [0.4, 0.5) is 0 Å². The summed E-state index contributed by atoms with van der Waals surface area (Å²) in [6, 6.07) is 9.23. The predicted octanol–water partition coefficient (Wildman–Crippen LogP) is 2.20. The molecular formula is C17H19N3O3. The molecular weight excluding hydrogens is 294 g/mol. The minimum absolute atomic E-state index is 0.0233. The molecule has 1 aliphatic heterocycles. The van der Waals surface area contributed by atoms with Gasteiger partial charge >= 0.3 is 5.97 Å². The number of rotatable bonds is 4. The molecule has 6 nitrogen and oxygen atoms in total. The average molecular weight is 313 g/mol. The maximum atomic E-state index is 12.8. The molecule has 1 amide bonds. The third-order valence-corrected chi connectivity index (χ3v) is 4.25. The molecule has 0 atom stereocenters. The van der Waals surface area contributed by atoms with Gasteiger partial charge in [-0.15, -0.1) is 0 Å². The van der Waals surface area contributed by atoms with Crippen molar-refractivity contribution in [3.05, 3.63) is 48.3 Å². The highest BCUT2D eigenvalue weighted by molar-refractivity contribution is 5.97. The number of amides is 1. The Hall–Kier alpha value is -2.63. The van der Waals surface area contributed by atoms with Gasteiger partial charge in [0.25, 0.3) is 5.91 Å². The van der Waals surface area contributed by atoms with Crippen LogP contribution in [-0.4, -0.2) is 44.8 Å². The number of hydrogen-bond acceptors (Lipinski definition) is 3. The molecule has 1 saturated heterocycles. The van der Waals surface area contributed by atoms with E-state index < -0.39 is 5.97 Å². The Morgan fingerprint density at radius 1 is 1.17 bits per heavy atom. The first-order valence-electron chi connectivity index (χ1n) is 7.75. The van der Waals surface area contributed by atoms with Gasteiger partial charge in [0.05, 0.1) is 11.3 Å². The summed E-state index contributed by atoms with van der Waals surface area (Å²) in [6.07, 6.45) is 5.15. The molecule has 2 aromatic rings. The molecule has 120 valence electrons. The Labute approximate surface area is 134 Å². The zero-order chi connectivity index (χ0) is 16.2. The maximum absolute atomic E-state index is 12.8. The Morgan fingerprint density at radius 3 is 2.57 bits per heavy atom. The summed E-state index contributed by atoms with van der Waals surface area (Å²) in [7, 11) is 0. The fourth-order valence-corrected chi connectivity index (χ4v) is 3.02. The van der Waals surface area contributed by atoms with Crippen LogP contribution in [0.1, 0.15) is 29.6 Å². The number of aliphatic carboxylic acids is 1. The maximum Gasteiger partial charge on any atom is 0.303 e. The van der Waals surface area contributed by atoms with Crippen LogP contribution in [0.25, 0.3) is 5.69 Å². The van der Waals surface area contributed by atoms with Crippen molar-refractivity contribution in [2.24, 2.45) is 5.92 Å². The van der Waals surface area contributed by atoms with Crippen molar-refractivity contribution >= 4 is 11.9 Å². The number of carboxylic acid groups (broad SMARTS) is 1. The Balaban J connectivity index is 1.74. The van der Waals surface area contributed by atoms with Crippen LogP contribution < -0.4 is 0 Å². The Bertz CT molecular complexity index is 689.